The molecule has 0 N–H and O–H groups in total. The highest BCUT2D eigenvalue weighted by Crippen LogP contribution is 2.55. The Bertz CT molecular complexity index is 4520. The molecule has 0 saturated carbocycles. The van der Waals surface area contributed by atoms with Crippen molar-refractivity contribution in [1.82, 2.24) is 4.98 Å². The molecule has 12 aromatic carbocycles. The molecule has 1 heterocycles. The van der Waals surface area contributed by atoms with Gasteiger partial charge in [0.15, 0.2) is 0 Å². The Kier molecular flexibility index (Phi) is 15.2. The van der Waals surface area contributed by atoms with E-state index in [0.717, 1.165) is 84.6 Å². The fourth-order valence-corrected chi connectivity index (χ4v) is 14.1. The molecule has 0 saturated heterocycles. The van der Waals surface area contributed by atoms with Gasteiger partial charge in [-0.15, -0.1) is 0 Å². The lowest BCUT2D eigenvalue weighted by molar-refractivity contribution is 0.436. The topological polar surface area (TPSA) is 19.4 Å². The van der Waals surface area contributed by atoms with E-state index in [1.807, 2.05) is 0 Å². The number of fused-ring (bicyclic) bond motifs is 5. The lowest BCUT2D eigenvalue weighted by atomic mass is 9.71. The lowest BCUT2D eigenvalue weighted by Gasteiger charge is -2.33. The third-order valence-electron chi connectivity index (χ3n) is 18.3. The number of anilines is 6. The number of aromatic nitrogens is 1. The molecule has 0 unspecified atom stereocenters. The van der Waals surface area contributed by atoms with Crippen LogP contribution in [0.25, 0.3) is 77.3 Å². The van der Waals surface area contributed by atoms with Crippen molar-refractivity contribution < 1.29 is 0 Å². The molecule has 0 radical (unpaired) electrons. The molecule has 87 heavy (non-hydrogen) atoms. The number of pyridine rings is 1. The maximum absolute atomic E-state index is 5.11. The van der Waals surface area contributed by atoms with Crippen molar-refractivity contribution in [1.29, 1.82) is 0 Å². The van der Waals surface area contributed by atoms with Crippen LogP contribution in [0.4, 0.5) is 34.1 Å². The van der Waals surface area contributed by atoms with Crippen molar-refractivity contribution in [3.05, 3.63) is 319 Å². The van der Waals surface area contributed by atoms with Crippen LogP contribution in [0.1, 0.15) is 74.3 Å². The predicted octanol–water partition coefficient (Wildman–Crippen LogP) is 23.2. The number of rotatable bonds is 18. The Morgan fingerprint density at radius 3 is 1.31 bits per heavy atom. The summed E-state index contributed by atoms with van der Waals surface area (Å²) in [5.41, 5.74) is 25.8. The van der Waals surface area contributed by atoms with Gasteiger partial charge in [-0.25, -0.2) is 0 Å². The van der Waals surface area contributed by atoms with Crippen LogP contribution in [0.15, 0.2) is 291 Å². The highest BCUT2D eigenvalue weighted by atomic mass is 15.1. The second-order valence-electron chi connectivity index (χ2n) is 23.5. The summed E-state index contributed by atoms with van der Waals surface area (Å²) in [6, 6.07) is 105. The third kappa shape index (κ3) is 10.5. The Morgan fingerprint density at radius 1 is 0.310 bits per heavy atom. The Hall–Kier alpha value is -10.1. The van der Waals surface area contributed by atoms with Crippen molar-refractivity contribution in [2.45, 2.75) is 71.1 Å². The van der Waals surface area contributed by atoms with Crippen LogP contribution < -0.4 is 9.80 Å². The van der Waals surface area contributed by atoms with E-state index in [1.165, 1.54) is 99.6 Å². The summed E-state index contributed by atoms with van der Waals surface area (Å²) in [6.07, 6.45) is 9.38. The van der Waals surface area contributed by atoms with Gasteiger partial charge in [0.05, 0.1) is 5.69 Å². The summed E-state index contributed by atoms with van der Waals surface area (Å²) >= 11 is 0. The van der Waals surface area contributed by atoms with Crippen LogP contribution in [0.2, 0.25) is 0 Å². The summed E-state index contributed by atoms with van der Waals surface area (Å²) in [5, 5.41) is 5.19. The van der Waals surface area contributed by atoms with Gasteiger partial charge in [-0.2, -0.15) is 0 Å². The molecular weight excluding hydrogens is 1050 g/mol. The minimum absolute atomic E-state index is 0.0213. The number of para-hydroxylation sites is 1. The number of benzene rings is 12. The standard InChI is InChI=1S/C84H71N3/c1-4-55-84(56-5-2)81-28-18-17-27-79(81)80-53-50-72(57-82(80)84)87(70-46-36-64(37-47-70)75-51-40-60(6-3)73-23-13-15-25-77(73)75)71-48-38-66(39-49-71)83-54-30-59(58-85-83)29-31-63-41-52-76(78-26-16-14-24-74(63)78)65-34-44-69(45-35-65)86(67-21-11-8-12-22-67)68-42-32-62(33-43-68)61-19-9-7-10-20-61/h7-28,30,32-54,57-58H,4-6,29,31,55-56H2,1-3H3. The van der Waals surface area contributed by atoms with Gasteiger partial charge in [0.2, 0.25) is 0 Å². The first kappa shape index (κ1) is 54.8. The van der Waals surface area contributed by atoms with Crippen molar-refractivity contribution >= 4 is 55.7 Å². The molecule has 1 aliphatic rings. The molecule has 0 bridgehead atoms. The molecule has 0 fully saturated rings. The highest BCUT2D eigenvalue weighted by Gasteiger charge is 2.42. The van der Waals surface area contributed by atoms with Crippen molar-refractivity contribution in [2.75, 3.05) is 9.80 Å². The van der Waals surface area contributed by atoms with Gasteiger partial charge in [0, 0.05) is 51.3 Å². The molecule has 0 amide bonds. The molecule has 13 aromatic rings. The molecule has 0 atom stereocenters. The van der Waals surface area contributed by atoms with Crippen LogP contribution in [-0.4, -0.2) is 4.98 Å². The zero-order valence-electron chi connectivity index (χ0n) is 50.0. The minimum Gasteiger partial charge on any atom is -0.311 e. The Labute approximate surface area is 513 Å². The number of hydrogen-bond donors (Lipinski definition) is 0. The number of hydrogen-bond acceptors (Lipinski definition) is 3. The van der Waals surface area contributed by atoms with Crippen molar-refractivity contribution in [3.8, 4) is 55.8 Å². The van der Waals surface area contributed by atoms with Gasteiger partial charge in [0.25, 0.3) is 0 Å². The van der Waals surface area contributed by atoms with Crippen LogP contribution in [-0.2, 0) is 24.7 Å². The van der Waals surface area contributed by atoms with Crippen LogP contribution in [0.5, 0.6) is 0 Å². The van der Waals surface area contributed by atoms with E-state index >= 15 is 0 Å². The minimum atomic E-state index is -0.0213. The summed E-state index contributed by atoms with van der Waals surface area (Å²) in [6.45, 7) is 6.93. The van der Waals surface area contributed by atoms with E-state index in [9.17, 15) is 0 Å². The van der Waals surface area contributed by atoms with Gasteiger partial charge in [-0.05, 0) is 205 Å². The van der Waals surface area contributed by atoms with Crippen LogP contribution in [0, 0.1) is 0 Å². The third-order valence-corrected chi connectivity index (χ3v) is 18.3. The number of aryl methyl sites for hydroxylation is 3. The maximum atomic E-state index is 5.11. The average Bonchev–Trinajstić information content (AvgIpc) is 1.62. The maximum Gasteiger partial charge on any atom is 0.0702 e. The molecule has 1 aliphatic carbocycles. The first-order chi connectivity index (χ1) is 43.0. The van der Waals surface area contributed by atoms with Gasteiger partial charge >= 0.3 is 0 Å². The summed E-state index contributed by atoms with van der Waals surface area (Å²) in [7, 11) is 0. The van der Waals surface area contributed by atoms with E-state index < -0.39 is 0 Å². The van der Waals surface area contributed by atoms with Gasteiger partial charge in [0.1, 0.15) is 0 Å². The summed E-state index contributed by atoms with van der Waals surface area (Å²) in [4.78, 5) is 9.89. The first-order valence-electron chi connectivity index (χ1n) is 31.3. The highest BCUT2D eigenvalue weighted by molar-refractivity contribution is 6.00. The Morgan fingerprint density at radius 2 is 0.747 bits per heavy atom. The second kappa shape index (κ2) is 24.1. The average molecular weight is 1120 g/mol. The quantitative estimate of drug-likeness (QED) is 0.0854. The predicted molar refractivity (Wildman–Crippen MR) is 370 cm³/mol. The van der Waals surface area contributed by atoms with Gasteiger partial charge < -0.3 is 9.80 Å². The smallest absolute Gasteiger partial charge is 0.0702 e. The van der Waals surface area contributed by atoms with E-state index in [0.29, 0.717) is 0 Å². The Balaban J connectivity index is 0.720. The summed E-state index contributed by atoms with van der Waals surface area (Å²) in [5.74, 6) is 0. The monoisotopic (exact) mass is 1120 g/mol. The van der Waals surface area contributed by atoms with Crippen molar-refractivity contribution in [3.63, 3.8) is 0 Å². The van der Waals surface area contributed by atoms with Crippen LogP contribution >= 0.6 is 0 Å². The van der Waals surface area contributed by atoms with Gasteiger partial charge in [-0.1, -0.05) is 240 Å². The molecule has 0 spiro atoms. The molecule has 0 aliphatic heterocycles. The first-order valence-corrected chi connectivity index (χ1v) is 31.3. The van der Waals surface area contributed by atoms with Crippen molar-refractivity contribution in [2.24, 2.45) is 0 Å². The lowest BCUT2D eigenvalue weighted by Crippen LogP contribution is -2.25. The van der Waals surface area contributed by atoms with E-state index in [4.69, 9.17) is 4.98 Å². The van der Waals surface area contributed by atoms with Crippen LogP contribution in [0.3, 0.4) is 0 Å². The molecule has 3 nitrogen and oxygen atoms in total. The molecular formula is C84H71N3. The summed E-state index contributed by atoms with van der Waals surface area (Å²) < 4.78 is 0. The molecule has 3 heteroatoms. The fourth-order valence-electron chi connectivity index (χ4n) is 14.1. The van der Waals surface area contributed by atoms with E-state index in [2.05, 4.69) is 322 Å². The largest absolute Gasteiger partial charge is 0.311 e. The SMILES string of the molecule is CCCC1(CCC)c2ccccc2-c2ccc(N(c3ccc(-c4ccc(CCc5ccc(-c6ccc(N(c7ccccc7)c7ccc(-c8ccccc8)cc7)cc6)c6ccccc56)cn4)cc3)c3ccc(-c4ccc(CC)c5ccccc45)cc3)cc21. The molecule has 14 rings (SSSR count). The molecule has 1 aromatic heterocycles. The zero-order chi connectivity index (χ0) is 58.7. The van der Waals surface area contributed by atoms with E-state index in [-0.39, 0.29) is 5.41 Å². The van der Waals surface area contributed by atoms with Gasteiger partial charge in [-0.3, -0.25) is 4.98 Å². The van der Waals surface area contributed by atoms with E-state index in [1.54, 1.807) is 0 Å². The molecule has 422 valence electrons. The zero-order valence-corrected chi connectivity index (χ0v) is 50.0. The normalized spacial score (nSPS) is 12.3. The fraction of sp³-hybridized carbons (Fsp3) is 0.131. The number of nitrogens with zero attached hydrogens (tertiary/aromatic N) is 3. The second-order valence-corrected chi connectivity index (χ2v) is 23.5.